The van der Waals surface area contributed by atoms with Crippen molar-refractivity contribution in [3.8, 4) is 0 Å². The highest BCUT2D eigenvalue weighted by atomic mass is 16.6. The summed E-state index contributed by atoms with van der Waals surface area (Å²) in [4.78, 5) is 16.7. The van der Waals surface area contributed by atoms with Crippen molar-refractivity contribution in [2.24, 2.45) is 11.8 Å². The van der Waals surface area contributed by atoms with Crippen molar-refractivity contribution in [2.75, 3.05) is 26.2 Å². The molecule has 2 atom stereocenters. The number of hydrogen-bond donors (Lipinski definition) is 1. The van der Waals surface area contributed by atoms with Crippen molar-refractivity contribution >= 4 is 6.09 Å². The van der Waals surface area contributed by atoms with E-state index in [0.29, 0.717) is 6.54 Å². The Morgan fingerprint density at radius 2 is 1.85 bits per heavy atom. The van der Waals surface area contributed by atoms with Crippen molar-refractivity contribution in [1.29, 1.82) is 0 Å². The fourth-order valence-corrected chi connectivity index (χ4v) is 3.49. The van der Waals surface area contributed by atoms with Gasteiger partial charge in [0.05, 0.1) is 0 Å². The Kier molecular flexibility index (Phi) is 7.07. The number of carbonyl (C=O) groups is 1. The monoisotopic (exact) mass is 362 g/mol. The second kappa shape index (κ2) is 8.87. The van der Waals surface area contributed by atoms with Gasteiger partial charge in [-0.1, -0.05) is 30.3 Å². The molecule has 0 aliphatic carbocycles. The highest BCUT2D eigenvalue weighted by Gasteiger charge is 2.36. The SMILES string of the molecule is CC(C)N(CC1CN(Cc2ccccc2)C[C@@H]1CO)C(=O)OC(C)(C)C. The maximum atomic E-state index is 12.6. The molecule has 1 unspecified atom stereocenters. The smallest absolute Gasteiger partial charge is 0.410 e. The van der Waals surface area contributed by atoms with E-state index in [1.165, 1.54) is 5.56 Å². The minimum atomic E-state index is -0.504. The van der Waals surface area contributed by atoms with Crippen molar-refractivity contribution in [3.05, 3.63) is 35.9 Å². The lowest BCUT2D eigenvalue weighted by Crippen LogP contribution is -2.45. The maximum Gasteiger partial charge on any atom is 0.410 e. The molecule has 2 rings (SSSR count). The number of hydrogen-bond acceptors (Lipinski definition) is 4. The van der Waals surface area contributed by atoms with Gasteiger partial charge in [-0.25, -0.2) is 4.79 Å². The van der Waals surface area contributed by atoms with Gasteiger partial charge in [-0.3, -0.25) is 4.90 Å². The van der Waals surface area contributed by atoms with Crippen molar-refractivity contribution in [3.63, 3.8) is 0 Å². The molecule has 5 nitrogen and oxygen atoms in total. The first-order valence-corrected chi connectivity index (χ1v) is 9.56. The molecule has 26 heavy (non-hydrogen) atoms. The average Bonchev–Trinajstić information content (AvgIpc) is 2.93. The Morgan fingerprint density at radius 3 is 2.38 bits per heavy atom. The van der Waals surface area contributed by atoms with E-state index in [9.17, 15) is 9.90 Å². The minimum absolute atomic E-state index is 0.0624. The number of likely N-dealkylation sites (tertiary alicyclic amines) is 1. The van der Waals surface area contributed by atoms with Gasteiger partial charge in [-0.2, -0.15) is 0 Å². The van der Waals surface area contributed by atoms with E-state index >= 15 is 0 Å². The molecule has 1 aromatic carbocycles. The first kappa shape index (κ1) is 20.7. The topological polar surface area (TPSA) is 53.0 Å². The van der Waals surface area contributed by atoms with Crippen LogP contribution in [-0.4, -0.2) is 58.9 Å². The summed E-state index contributed by atoms with van der Waals surface area (Å²) >= 11 is 0. The lowest BCUT2D eigenvalue weighted by molar-refractivity contribution is 0.0136. The van der Waals surface area contributed by atoms with Crippen LogP contribution in [0.5, 0.6) is 0 Å². The van der Waals surface area contributed by atoms with Gasteiger partial charge in [0.2, 0.25) is 0 Å². The number of ether oxygens (including phenoxy) is 1. The van der Waals surface area contributed by atoms with Gasteiger partial charge in [0.25, 0.3) is 0 Å². The van der Waals surface area contributed by atoms with E-state index in [0.717, 1.165) is 19.6 Å². The van der Waals surface area contributed by atoms with Crippen LogP contribution in [0.3, 0.4) is 0 Å². The summed E-state index contributed by atoms with van der Waals surface area (Å²) in [6.45, 7) is 13.1. The third-order valence-corrected chi connectivity index (χ3v) is 4.82. The van der Waals surface area contributed by atoms with Gasteiger partial charge >= 0.3 is 6.09 Å². The molecule has 1 amide bonds. The van der Waals surface area contributed by atoms with Crippen molar-refractivity contribution < 1.29 is 14.6 Å². The van der Waals surface area contributed by atoms with Crippen LogP contribution in [-0.2, 0) is 11.3 Å². The molecule has 0 radical (unpaired) electrons. The summed E-state index contributed by atoms with van der Waals surface area (Å²) in [6, 6.07) is 10.4. The predicted molar refractivity (Wildman–Crippen MR) is 104 cm³/mol. The molecule has 1 saturated heterocycles. The first-order chi connectivity index (χ1) is 12.2. The standard InChI is InChI=1S/C21H34N2O3/c1-16(2)23(20(25)26-21(3,4)5)14-18-12-22(13-19(18)15-24)11-17-9-7-6-8-10-17/h6-10,16,18-19,24H,11-15H2,1-5H3/t18?,19-/m1/s1. The Labute approximate surface area is 157 Å². The van der Waals surface area contributed by atoms with Gasteiger partial charge in [0, 0.05) is 44.7 Å². The van der Waals surface area contributed by atoms with Crippen LogP contribution < -0.4 is 0 Å². The molecule has 1 fully saturated rings. The Hall–Kier alpha value is -1.59. The van der Waals surface area contributed by atoms with Crippen LogP contribution >= 0.6 is 0 Å². The fourth-order valence-electron chi connectivity index (χ4n) is 3.49. The minimum Gasteiger partial charge on any atom is -0.444 e. The number of benzene rings is 1. The Morgan fingerprint density at radius 1 is 1.23 bits per heavy atom. The molecule has 0 aromatic heterocycles. The van der Waals surface area contributed by atoms with Crippen LogP contribution in [0, 0.1) is 11.8 Å². The van der Waals surface area contributed by atoms with Crippen molar-refractivity contribution in [2.45, 2.75) is 52.8 Å². The number of nitrogens with zero attached hydrogens (tertiary/aromatic N) is 2. The van der Waals surface area contributed by atoms with E-state index in [4.69, 9.17) is 4.74 Å². The Balaban J connectivity index is 2.01. The zero-order valence-electron chi connectivity index (χ0n) is 16.8. The molecule has 0 bridgehead atoms. The fraction of sp³-hybridized carbons (Fsp3) is 0.667. The third kappa shape index (κ3) is 5.99. The largest absolute Gasteiger partial charge is 0.444 e. The number of rotatable bonds is 6. The average molecular weight is 363 g/mol. The number of aliphatic hydroxyl groups excluding tert-OH is 1. The summed E-state index contributed by atoms with van der Waals surface area (Å²) in [6.07, 6.45) is -0.273. The molecule has 1 aliphatic rings. The third-order valence-electron chi connectivity index (χ3n) is 4.82. The van der Waals surface area contributed by atoms with Crippen LogP contribution in [0.25, 0.3) is 0 Å². The summed E-state index contributed by atoms with van der Waals surface area (Å²) in [5, 5.41) is 9.84. The molecule has 5 heteroatoms. The summed E-state index contributed by atoms with van der Waals surface area (Å²) in [7, 11) is 0. The normalized spacial score (nSPS) is 21.2. The number of aliphatic hydroxyl groups is 1. The van der Waals surface area contributed by atoms with Gasteiger partial charge in [-0.15, -0.1) is 0 Å². The van der Waals surface area contributed by atoms with Crippen LogP contribution in [0.4, 0.5) is 4.79 Å². The molecule has 1 aliphatic heterocycles. The molecule has 0 saturated carbocycles. The Bertz CT molecular complexity index is 568. The van der Waals surface area contributed by atoms with E-state index in [2.05, 4.69) is 29.2 Å². The van der Waals surface area contributed by atoms with Gasteiger partial charge < -0.3 is 14.7 Å². The molecule has 0 spiro atoms. The van der Waals surface area contributed by atoms with Gasteiger partial charge in [-0.05, 0) is 46.1 Å². The second-order valence-corrected chi connectivity index (χ2v) is 8.61. The molecule has 1 heterocycles. The zero-order valence-corrected chi connectivity index (χ0v) is 16.8. The van der Waals surface area contributed by atoms with E-state index in [1.807, 2.05) is 40.7 Å². The number of amides is 1. The van der Waals surface area contributed by atoms with Gasteiger partial charge in [0.1, 0.15) is 5.60 Å². The van der Waals surface area contributed by atoms with Crippen LogP contribution in [0.2, 0.25) is 0 Å². The molecular weight excluding hydrogens is 328 g/mol. The summed E-state index contributed by atoms with van der Waals surface area (Å²) in [5.74, 6) is 0.432. The summed E-state index contributed by atoms with van der Waals surface area (Å²) < 4.78 is 5.57. The molecule has 146 valence electrons. The summed E-state index contributed by atoms with van der Waals surface area (Å²) in [5.41, 5.74) is 0.771. The lowest BCUT2D eigenvalue weighted by Gasteiger charge is -2.33. The quantitative estimate of drug-likeness (QED) is 0.843. The zero-order chi connectivity index (χ0) is 19.3. The van der Waals surface area contributed by atoms with Gasteiger partial charge in [0.15, 0.2) is 0 Å². The van der Waals surface area contributed by atoms with Crippen LogP contribution in [0.15, 0.2) is 30.3 Å². The molecular formula is C21H34N2O3. The molecule has 1 aromatic rings. The van der Waals surface area contributed by atoms with E-state index in [1.54, 1.807) is 4.90 Å². The van der Waals surface area contributed by atoms with E-state index < -0.39 is 5.60 Å². The second-order valence-electron chi connectivity index (χ2n) is 8.61. The van der Waals surface area contributed by atoms with Crippen molar-refractivity contribution in [1.82, 2.24) is 9.80 Å². The molecule has 1 N–H and O–H groups in total. The lowest BCUT2D eigenvalue weighted by atomic mass is 9.96. The van der Waals surface area contributed by atoms with Crippen LogP contribution in [0.1, 0.15) is 40.2 Å². The highest BCUT2D eigenvalue weighted by molar-refractivity contribution is 5.68. The maximum absolute atomic E-state index is 12.6. The first-order valence-electron chi connectivity index (χ1n) is 9.56. The van der Waals surface area contributed by atoms with E-state index in [-0.39, 0.29) is 30.6 Å². The number of carbonyl (C=O) groups excluding carboxylic acids is 1. The highest BCUT2D eigenvalue weighted by Crippen LogP contribution is 2.27. The predicted octanol–water partition coefficient (Wildman–Crippen LogP) is 3.37.